The van der Waals surface area contributed by atoms with Crippen LogP contribution in [0.4, 0.5) is 0 Å². The summed E-state index contributed by atoms with van der Waals surface area (Å²) in [6.45, 7) is 0.472. The van der Waals surface area contributed by atoms with Gasteiger partial charge in [-0.3, -0.25) is 14.2 Å². The first-order valence-electron chi connectivity index (χ1n) is 4.06. The Kier molecular flexibility index (Phi) is 2.02. The van der Waals surface area contributed by atoms with Crippen LogP contribution in [0.15, 0.2) is 30.7 Å². The van der Waals surface area contributed by atoms with E-state index in [0.29, 0.717) is 6.67 Å². The molecule has 0 unspecified atom stereocenters. The molecule has 2 heterocycles. The van der Waals surface area contributed by atoms with Crippen molar-refractivity contribution >= 4 is 5.91 Å². The summed E-state index contributed by atoms with van der Waals surface area (Å²) < 4.78 is 3.28. The Morgan fingerprint density at radius 1 is 1.43 bits per heavy atom. The lowest BCUT2D eigenvalue weighted by molar-refractivity contribution is 0.0994. The van der Waals surface area contributed by atoms with Crippen molar-refractivity contribution in [3.63, 3.8) is 0 Å². The lowest BCUT2D eigenvalue weighted by Gasteiger charge is -2.00. The van der Waals surface area contributed by atoms with Crippen LogP contribution < -0.4 is 5.73 Å². The number of carbonyl (C=O) groups excluding carboxylic acids is 1. The molecule has 0 aliphatic carbocycles. The fourth-order valence-electron chi connectivity index (χ4n) is 1.10. The molecule has 2 aromatic heterocycles. The Labute approximate surface area is 79.9 Å². The molecule has 0 spiro atoms. The van der Waals surface area contributed by atoms with Crippen LogP contribution in [0, 0.1) is 0 Å². The third kappa shape index (κ3) is 1.63. The van der Waals surface area contributed by atoms with E-state index in [4.69, 9.17) is 5.73 Å². The minimum Gasteiger partial charge on any atom is -0.364 e. The Morgan fingerprint density at radius 2 is 2.29 bits per heavy atom. The fraction of sp³-hybridized carbons (Fsp3) is 0.125. The second-order valence-electron chi connectivity index (χ2n) is 2.79. The van der Waals surface area contributed by atoms with Gasteiger partial charge in [0.15, 0.2) is 0 Å². The van der Waals surface area contributed by atoms with E-state index in [2.05, 4.69) is 10.2 Å². The molecule has 0 aliphatic rings. The first-order chi connectivity index (χ1) is 6.75. The number of nitrogens with two attached hydrogens (primary N) is 1. The molecular weight excluding hydrogens is 182 g/mol. The molecular formula is C8H9N5O. The van der Waals surface area contributed by atoms with Gasteiger partial charge in [0.05, 0.1) is 0 Å². The molecule has 72 valence electrons. The zero-order valence-electron chi connectivity index (χ0n) is 7.37. The molecule has 0 saturated heterocycles. The molecule has 2 N–H and O–H groups in total. The number of aromatic nitrogens is 4. The average Bonchev–Trinajstić information content (AvgIpc) is 2.75. The molecule has 0 aliphatic heterocycles. The van der Waals surface area contributed by atoms with Gasteiger partial charge in [-0.1, -0.05) is 0 Å². The maximum absolute atomic E-state index is 10.7. The smallest absolute Gasteiger partial charge is 0.269 e. The van der Waals surface area contributed by atoms with Gasteiger partial charge in [-0.2, -0.15) is 10.2 Å². The first kappa shape index (κ1) is 8.49. The fourth-order valence-corrected chi connectivity index (χ4v) is 1.10. The summed E-state index contributed by atoms with van der Waals surface area (Å²) in [6.07, 6.45) is 5.17. The summed E-state index contributed by atoms with van der Waals surface area (Å²) in [5, 5.41) is 7.97. The second-order valence-corrected chi connectivity index (χ2v) is 2.79. The number of primary amides is 1. The third-order valence-corrected chi connectivity index (χ3v) is 1.74. The Hall–Kier alpha value is -2.11. The Bertz CT molecular complexity index is 430. The molecule has 6 nitrogen and oxygen atoms in total. The minimum absolute atomic E-state index is 0.261. The summed E-state index contributed by atoms with van der Waals surface area (Å²) >= 11 is 0. The number of amides is 1. The molecule has 0 bridgehead atoms. The maximum Gasteiger partial charge on any atom is 0.269 e. The highest BCUT2D eigenvalue weighted by atomic mass is 16.1. The molecule has 1 amide bonds. The van der Waals surface area contributed by atoms with Crippen LogP contribution >= 0.6 is 0 Å². The van der Waals surface area contributed by atoms with Crippen LogP contribution in [0.1, 0.15) is 10.5 Å². The van der Waals surface area contributed by atoms with E-state index in [-0.39, 0.29) is 5.69 Å². The van der Waals surface area contributed by atoms with Gasteiger partial charge in [0.25, 0.3) is 5.91 Å². The van der Waals surface area contributed by atoms with Gasteiger partial charge in [0.1, 0.15) is 12.4 Å². The standard InChI is InChI=1S/C8H9N5O/c9-8(14)7-2-5-13(11-7)6-12-4-1-3-10-12/h1-5H,6H2,(H2,9,14). The van der Waals surface area contributed by atoms with Crippen LogP contribution in [0.25, 0.3) is 0 Å². The summed E-state index contributed by atoms with van der Waals surface area (Å²) in [4.78, 5) is 10.7. The van der Waals surface area contributed by atoms with Crippen molar-refractivity contribution in [2.45, 2.75) is 6.67 Å². The largest absolute Gasteiger partial charge is 0.364 e. The van der Waals surface area contributed by atoms with Crippen molar-refractivity contribution in [1.82, 2.24) is 19.6 Å². The maximum atomic E-state index is 10.7. The van der Waals surface area contributed by atoms with Crippen molar-refractivity contribution in [3.05, 3.63) is 36.4 Å². The quantitative estimate of drug-likeness (QED) is 0.722. The molecule has 0 aromatic carbocycles. The molecule has 0 atom stereocenters. The van der Waals surface area contributed by atoms with E-state index < -0.39 is 5.91 Å². The third-order valence-electron chi connectivity index (χ3n) is 1.74. The molecule has 0 saturated carbocycles. The van der Waals surface area contributed by atoms with Gasteiger partial charge in [0.2, 0.25) is 0 Å². The van der Waals surface area contributed by atoms with Gasteiger partial charge in [-0.05, 0) is 12.1 Å². The van der Waals surface area contributed by atoms with Crippen molar-refractivity contribution in [3.8, 4) is 0 Å². The highest BCUT2D eigenvalue weighted by molar-refractivity contribution is 5.90. The predicted octanol–water partition coefficient (Wildman–Crippen LogP) is -0.316. The molecule has 0 fully saturated rings. The van der Waals surface area contributed by atoms with E-state index in [9.17, 15) is 4.79 Å². The number of hydrogen-bond acceptors (Lipinski definition) is 3. The van der Waals surface area contributed by atoms with E-state index in [1.54, 1.807) is 27.8 Å². The van der Waals surface area contributed by atoms with Crippen molar-refractivity contribution in [1.29, 1.82) is 0 Å². The molecule has 2 rings (SSSR count). The van der Waals surface area contributed by atoms with Gasteiger partial charge < -0.3 is 5.73 Å². The zero-order chi connectivity index (χ0) is 9.97. The van der Waals surface area contributed by atoms with E-state index in [1.807, 2.05) is 12.3 Å². The van der Waals surface area contributed by atoms with Crippen LogP contribution in [-0.4, -0.2) is 25.5 Å². The van der Waals surface area contributed by atoms with Gasteiger partial charge in [0, 0.05) is 18.6 Å². The topological polar surface area (TPSA) is 78.7 Å². The number of nitrogens with zero attached hydrogens (tertiary/aromatic N) is 4. The zero-order valence-corrected chi connectivity index (χ0v) is 7.37. The van der Waals surface area contributed by atoms with E-state index in [1.165, 1.54) is 0 Å². The van der Waals surface area contributed by atoms with Crippen LogP contribution in [-0.2, 0) is 6.67 Å². The average molecular weight is 191 g/mol. The lowest BCUT2D eigenvalue weighted by atomic mass is 10.4. The van der Waals surface area contributed by atoms with Crippen LogP contribution in [0.5, 0.6) is 0 Å². The van der Waals surface area contributed by atoms with E-state index in [0.717, 1.165) is 0 Å². The predicted molar refractivity (Wildman–Crippen MR) is 48.4 cm³/mol. The Morgan fingerprint density at radius 3 is 2.86 bits per heavy atom. The first-order valence-corrected chi connectivity index (χ1v) is 4.06. The molecule has 6 heteroatoms. The highest BCUT2D eigenvalue weighted by Crippen LogP contribution is 1.95. The van der Waals surface area contributed by atoms with Crippen molar-refractivity contribution in [2.24, 2.45) is 5.73 Å². The number of hydrogen-bond donors (Lipinski definition) is 1. The van der Waals surface area contributed by atoms with Crippen molar-refractivity contribution < 1.29 is 4.79 Å². The normalized spacial score (nSPS) is 10.3. The van der Waals surface area contributed by atoms with Gasteiger partial charge in [-0.15, -0.1) is 0 Å². The van der Waals surface area contributed by atoms with Crippen molar-refractivity contribution in [2.75, 3.05) is 0 Å². The lowest BCUT2D eigenvalue weighted by Crippen LogP contribution is -2.14. The van der Waals surface area contributed by atoms with Gasteiger partial charge in [-0.25, -0.2) is 0 Å². The molecule has 14 heavy (non-hydrogen) atoms. The molecule has 2 aromatic rings. The molecule has 0 radical (unpaired) electrons. The summed E-state index contributed by atoms with van der Waals surface area (Å²) in [5.41, 5.74) is 5.32. The van der Waals surface area contributed by atoms with Gasteiger partial charge >= 0.3 is 0 Å². The summed E-state index contributed by atoms with van der Waals surface area (Å²) in [6, 6.07) is 3.39. The summed E-state index contributed by atoms with van der Waals surface area (Å²) in [5.74, 6) is -0.524. The van der Waals surface area contributed by atoms with Crippen LogP contribution in [0.2, 0.25) is 0 Å². The minimum atomic E-state index is -0.524. The monoisotopic (exact) mass is 191 g/mol. The number of carbonyl (C=O) groups is 1. The SMILES string of the molecule is NC(=O)c1ccn(Cn2cccn2)n1. The Balaban J connectivity index is 2.14. The summed E-state index contributed by atoms with van der Waals surface area (Å²) in [7, 11) is 0. The van der Waals surface area contributed by atoms with Crippen LogP contribution in [0.3, 0.4) is 0 Å². The number of rotatable bonds is 3. The second kappa shape index (κ2) is 3.33. The highest BCUT2D eigenvalue weighted by Gasteiger charge is 2.04. The van der Waals surface area contributed by atoms with E-state index >= 15 is 0 Å².